The van der Waals surface area contributed by atoms with Crippen molar-refractivity contribution in [1.29, 1.82) is 0 Å². The highest BCUT2D eigenvalue weighted by atomic mass is 31.1. The first-order chi connectivity index (χ1) is 3.27. The van der Waals surface area contributed by atoms with Crippen molar-refractivity contribution < 1.29 is 9.09 Å². The average Bonchev–Trinajstić information content (AvgIpc) is 1.61. The summed E-state index contributed by atoms with van der Waals surface area (Å²) in [7, 11) is -2.15. The van der Waals surface area contributed by atoms with Crippen LogP contribution in [0.5, 0.6) is 0 Å². The van der Waals surface area contributed by atoms with Crippen LogP contribution in [0.25, 0.3) is 0 Å². The lowest BCUT2D eigenvalue weighted by atomic mass is 10.5. The molecular weight excluding hydrogens is 113 g/mol. The van der Waals surface area contributed by atoms with Crippen molar-refractivity contribution in [2.45, 2.75) is 13.3 Å². The van der Waals surface area contributed by atoms with E-state index >= 15 is 0 Å². The van der Waals surface area contributed by atoms with Crippen molar-refractivity contribution >= 4 is 8.18 Å². The first-order valence-electron chi connectivity index (χ1n) is 2.19. The minimum Gasteiger partial charge on any atom is -0.320 e. The monoisotopic (exact) mass is 123 g/mol. The second-order valence-electron chi connectivity index (χ2n) is 1.17. The van der Waals surface area contributed by atoms with E-state index in [4.69, 9.17) is 5.50 Å². The molecule has 44 valence electrons. The number of rotatable bonds is 3. The zero-order valence-corrected chi connectivity index (χ0v) is 5.31. The first kappa shape index (κ1) is 7.15. The van der Waals surface area contributed by atoms with Gasteiger partial charge in [-0.3, -0.25) is 10.1 Å². The van der Waals surface area contributed by atoms with E-state index in [2.05, 4.69) is 4.52 Å². The van der Waals surface area contributed by atoms with E-state index in [1.54, 1.807) is 0 Å². The van der Waals surface area contributed by atoms with E-state index in [0.717, 1.165) is 6.42 Å². The predicted octanol–water partition coefficient (Wildman–Crippen LogP) is 0.761. The van der Waals surface area contributed by atoms with Crippen molar-refractivity contribution in [1.82, 2.24) is 0 Å². The Morgan fingerprint density at radius 3 is 2.57 bits per heavy atom. The van der Waals surface area contributed by atoms with Crippen LogP contribution in [0.15, 0.2) is 0 Å². The van der Waals surface area contributed by atoms with Crippen LogP contribution in [0.1, 0.15) is 13.3 Å². The van der Waals surface area contributed by atoms with Gasteiger partial charge in [0.25, 0.3) is 8.18 Å². The first-order valence-corrected chi connectivity index (χ1v) is 3.59. The van der Waals surface area contributed by atoms with Gasteiger partial charge in [0, 0.05) is 0 Å². The minimum absolute atomic E-state index is 0.508. The molecule has 3 nitrogen and oxygen atoms in total. The highest BCUT2D eigenvalue weighted by Crippen LogP contribution is 2.08. The van der Waals surface area contributed by atoms with Gasteiger partial charge in [-0.25, -0.2) is 0 Å². The zero-order chi connectivity index (χ0) is 5.70. The van der Waals surface area contributed by atoms with Crippen LogP contribution in [-0.2, 0) is 9.09 Å². The molecule has 0 aromatic rings. The summed E-state index contributed by atoms with van der Waals surface area (Å²) in [4.78, 5) is 0. The number of nitrogens with two attached hydrogens (primary N) is 1. The second-order valence-corrected chi connectivity index (χ2v) is 2.09. The van der Waals surface area contributed by atoms with Gasteiger partial charge in [0.15, 0.2) is 0 Å². The molecule has 0 amide bonds. The SMILES string of the molecule is CCCO[PH](N)=O. The Hall–Kier alpha value is 0.150. The molecule has 0 saturated heterocycles. The Kier molecular flexibility index (Phi) is 4.41. The lowest BCUT2D eigenvalue weighted by Crippen LogP contribution is -1.86. The topological polar surface area (TPSA) is 52.3 Å². The molecule has 2 N–H and O–H groups in total. The normalized spacial score (nSPS) is 14.0. The molecule has 0 aromatic carbocycles. The van der Waals surface area contributed by atoms with Crippen molar-refractivity contribution in [3.8, 4) is 0 Å². The molecule has 0 saturated carbocycles. The van der Waals surface area contributed by atoms with Crippen LogP contribution in [0.3, 0.4) is 0 Å². The quantitative estimate of drug-likeness (QED) is 0.563. The maximum atomic E-state index is 9.94. The summed E-state index contributed by atoms with van der Waals surface area (Å²) < 4.78 is 14.5. The Labute approximate surface area is 43.8 Å². The maximum Gasteiger partial charge on any atom is 0.255 e. The Morgan fingerprint density at radius 1 is 1.86 bits per heavy atom. The number of hydrogen-bond acceptors (Lipinski definition) is 2. The van der Waals surface area contributed by atoms with E-state index in [1.807, 2.05) is 6.92 Å². The van der Waals surface area contributed by atoms with Crippen molar-refractivity contribution in [3.05, 3.63) is 0 Å². The highest BCUT2D eigenvalue weighted by Gasteiger charge is 1.83. The summed E-state index contributed by atoms with van der Waals surface area (Å²) in [6, 6.07) is 0. The maximum absolute atomic E-state index is 9.94. The Morgan fingerprint density at radius 2 is 2.43 bits per heavy atom. The molecule has 1 unspecified atom stereocenters. The summed E-state index contributed by atoms with van der Waals surface area (Å²) in [5.41, 5.74) is 4.80. The van der Waals surface area contributed by atoms with Gasteiger partial charge in [-0.05, 0) is 6.42 Å². The molecule has 0 bridgehead atoms. The Balaban J connectivity index is 2.82. The lowest BCUT2D eigenvalue weighted by Gasteiger charge is -1.92. The molecule has 0 aliphatic carbocycles. The van der Waals surface area contributed by atoms with Crippen LogP contribution in [0.2, 0.25) is 0 Å². The van der Waals surface area contributed by atoms with E-state index < -0.39 is 8.18 Å². The Bertz CT molecular complexity index is 66.0. The molecular formula is C3H10NO2P. The van der Waals surface area contributed by atoms with Gasteiger partial charge in [-0.2, -0.15) is 0 Å². The van der Waals surface area contributed by atoms with Gasteiger partial charge in [-0.15, -0.1) is 0 Å². The van der Waals surface area contributed by atoms with Crippen LogP contribution >= 0.6 is 8.18 Å². The molecule has 1 atom stereocenters. The zero-order valence-electron chi connectivity index (χ0n) is 4.31. The van der Waals surface area contributed by atoms with Gasteiger partial charge in [0.2, 0.25) is 0 Å². The fourth-order valence-corrected chi connectivity index (χ4v) is 0.608. The standard InChI is InChI=1S/C3H10NO2P/c1-2-3-6-7(4)5/h7H,2-3H2,1H3,(H2,4,5). The van der Waals surface area contributed by atoms with E-state index in [0.29, 0.717) is 6.61 Å². The fraction of sp³-hybridized carbons (Fsp3) is 1.00. The average molecular weight is 123 g/mol. The largest absolute Gasteiger partial charge is 0.320 e. The summed E-state index contributed by atoms with van der Waals surface area (Å²) in [5.74, 6) is 0. The smallest absolute Gasteiger partial charge is 0.255 e. The van der Waals surface area contributed by atoms with E-state index in [-0.39, 0.29) is 0 Å². The van der Waals surface area contributed by atoms with Gasteiger partial charge in [0.05, 0.1) is 6.61 Å². The van der Waals surface area contributed by atoms with Gasteiger partial charge >= 0.3 is 0 Å². The third kappa shape index (κ3) is 6.15. The van der Waals surface area contributed by atoms with Crippen molar-refractivity contribution in [3.63, 3.8) is 0 Å². The van der Waals surface area contributed by atoms with Crippen LogP contribution < -0.4 is 5.50 Å². The second kappa shape index (κ2) is 4.31. The van der Waals surface area contributed by atoms with Gasteiger partial charge in [0.1, 0.15) is 0 Å². The van der Waals surface area contributed by atoms with Crippen molar-refractivity contribution in [2.24, 2.45) is 5.50 Å². The van der Waals surface area contributed by atoms with Crippen molar-refractivity contribution in [2.75, 3.05) is 6.61 Å². The molecule has 0 fully saturated rings. The molecule has 0 aliphatic heterocycles. The third-order valence-electron chi connectivity index (χ3n) is 0.448. The van der Waals surface area contributed by atoms with E-state index in [9.17, 15) is 4.57 Å². The molecule has 0 spiro atoms. The van der Waals surface area contributed by atoms with Crippen LogP contribution in [0.4, 0.5) is 0 Å². The molecule has 0 aliphatic rings. The predicted molar refractivity (Wildman–Crippen MR) is 29.4 cm³/mol. The molecule has 0 heterocycles. The fourth-order valence-electron chi connectivity index (χ4n) is 0.203. The molecule has 4 heteroatoms. The van der Waals surface area contributed by atoms with Gasteiger partial charge in [-0.1, -0.05) is 6.92 Å². The third-order valence-corrected chi connectivity index (χ3v) is 0.937. The summed E-state index contributed by atoms with van der Waals surface area (Å²) in [6.07, 6.45) is 0.869. The molecule has 0 radical (unpaired) electrons. The van der Waals surface area contributed by atoms with Crippen LogP contribution in [-0.4, -0.2) is 6.61 Å². The minimum atomic E-state index is -2.15. The molecule has 7 heavy (non-hydrogen) atoms. The summed E-state index contributed by atoms with van der Waals surface area (Å²) in [6.45, 7) is 2.44. The molecule has 0 rings (SSSR count). The lowest BCUT2D eigenvalue weighted by molar-refractivity contribution is 0.329. The van der Waals surface area contributed by atoms with Gasteiger partial charge < -0.3 is 4.52 Å². The van der Waals surface area contributed by atoms with E-state index in [1.165, 1.54) is 0 Å². The number of hydrogen-bond donors (Lipinski definition) is 1. The highest BCUT2D eigenvalue weighted by molar-refractivity contribution is 7.36. The summed E-state index contributed by atoms with van der Waals surface area (Å²) >= 11 is 0. The summed E-state index contributed by atoms with van der Waals surface area (Å²) in [5, 5.41) is 0. The molecule has 0 aromatic heterocycles. The van der Waals surface area contributed by atoms with Crippen LogP contribution in [0, 0.1) is 0 Å².